The zero-order valence-corrected chi connectivity index (χ0v) is 46.6. The first-order valence-corrected chi connectivity index (χ1v) is 31.1. The van der Waals surface area contributed by atoms with Crippen LogP contribution < -0.4 is 5.32 Å². The van der Waals surface area contributed by atoms with Gasteiger partial charge in [0.25, 0.3) is 0 Å². The molecule has 2 atom stereocenters. The summed E-state index contributed by atoms with van der Waals surface area (Å²) < 4.78 is 5.47. The molecule has 3 N–H and O–H groups in total. The summed E-state index contributed by atoms with van der Waals surface area (Å²) in [5.41, 5.74) is 0. The smallest absolute Gasteiger partial charge is 0.305 e. The average Bonchev–Trinajstić information content (AvgIpc) is 3.35. The lowest BCUT2D eigenvalue weighted by atomic mass is 10.0. The largest absolute Gasteiger partial charge is 0.466 e. The molecule has 0 aliphatic heterocycles. The van der Waals surface area contributed by atoms with Crippen molar-refractivity contribution in [2.45, 2.75) is 353 Å². The fourth-order valence-corrected chi connectivity index (χ4v) is 9.73. The van der Waals surface area contributed by atoms with E-state index in [4.69, 9.17) is 4.74 Å². The SMILES string of the molecule is CCCCCCCCCCCCCCC(=O)OCCCCCCCCCCC/C=C\C/C=C\CCCCCCCCCCCCCCCC(=O)NC(CO)C(O)CCCCCCCCCCCCC. The quantitative estimate of drug-likeness (QED) is 0.0321. The van der Waals surface area contributed by atoms with Crippen molar-refractivity contribution in [2.24, 2.45) is 0 Å². The molecule has 0 fully saturated rings. The first-order chi connectivity index (χ1) is 34.0. The van der Waals surface area contributed by atoms with Crippen LogP contribution in [0.15, 0.2) is 24.3 Å². The molecule has 0 spiro atoms. The highest BCUT2D eigenvalue weighted by atomic mass is 16.5. The maximum absolute atomic E-state index is 12.4. The van der Waals surface area contributed by atoms with Gasteiger partial charge in [-0.05, 0) is 57.8 Å². The van der Waals surface area contributed by atoms with Gasteiger partial charge in [0.1, 0.15) is 0 Å². The van der Waals surface area contributed by atoms with E-state index in [1.807, 2.05) is 0 Å². The molecule has 0 heterocycles. The zero-order chi connectivity index (χ0) is 50.0. The second-order valence-electron chi connectivity index (χ2n) is 21.4. The monoisotopic (exact) mass is 972 g/mol. The number of nitrogens with one attached hydrogen (secondary N) is 1. The fraction of sp³-hybridized carbons (Fsp3) is 0.905. The van der Waals surface area contributed by atoms with Crippen LogP contribution in [-0.2, 0) is 14.3 Å². The van der Waals surface area contributed by atoms with E-state index in [2.05, 4.69) is 43.5 Å². The minimum atomic E-state index is -0.663. The van der Waals surface area contributed by atoms with Crippen LogP contribution in [0.5, 0.6) is 0 Å². The van der Waals surface area contributed by atoms with Crippen molar-refractivity contribution in [3.8, 4) is 0 Å². The fourth-order valence-electron chi connectivity index (χ4n) is 9.73. The minimum Gasteiger partial charge on any atom is -0.466 e. The van der Waals surface area contributed by atoms with E-state index in [0.29, 0.717) is 25.9 Å². The van der Waals surface area contributed by atoms with Gasteiger partial charge in [-0.15, -0.1) is 0 Å². The Balaban J connectivity index is 3.38. The summed E-state index contributed by atoms with van der Waals surface area (Å²) in [6, 6.07) is -0.540. The van der Waals surface area contributed by atoms with Crippen LogP contribution in [-0.4, -0.2) is 47.4 Å². The van der Waals surface area contributed by atoms with Crippen molar-refractivity contribution in [3.63, 3.8) is 0 Å². The molecule has 1 amide bonds. The van der Waals surface area contributed by atoms with E-state index < -0.39 is 12.1 Å². The molecule has 6 nitrogen and oxygen atoms in total. The van der Waals surface area contributed by atoms with Gasteiger partial charge in [-0.1, -0.05) is 295 Å². The maximum atomic E-state index is 12.4. The van der Waals surface area contributed by atoms with E-state index in [1.54, 1.807) is 0 Å². The number of amides is 1. The normalized spacial score (nSPS) is 12.7. The standard InChI is InChI=1S/C63H121NO5/c1-3-5-7-9-11-13-15-37-41-45-49-53-57-63(68)69-58-54-50-46-42-38-34-32-30-28-26-24-22-20-18-16-17-19-21-23-25-27-29-31-33-36-40-44-48-52-56-62(67)64-60(59-65)61(66)55-51-47-43-39-35-14-12-10-8-6-4-2/h16,18,22,24,60-61,65-66H,3-15,17,19-21,23,25-59H2,1-2H3,(H,64,67)/b18-16-,24-22-. The molecule has 408 valence electrons. The summed E-state index contributed by atoms with van der Waals surface area (Å²) >= 11 is 0. The summed E-state index contributed by atoms with van der Waals surface area (Å²) in [5, 5.41) is 23.2. The molecule has 0 rings (SSSR count). The topological polar surface area (TPSA) is 95.9 Å². The molecule has 0 bridgehead atoms. The van der Waals surface area contributed by atoms with Crippen molar-refractivity contribution >= 4 is 11.9 Å². The summed E-state index contributed by atoms with van der Waals surface area (Å²) in [6.07, 6.45) is 72.0. The number of carbonyl (C=O) groups excluding carboxylic acids is 2. The predicted octanol–water partition coefficient (Wildman–Crippen LogP) is 19.4. The number of unbranched alkanes of at least 4 members (excludes halogenated alkanes) is 43. The Morgan fingerprint density at radius 3 is 1.10 bits per heavy atom. The van der Waals surface area contributed by atoms with Crippen LogP contribution in [0, 0.1) is 0 Å². The lowest BCUT2D eigenvalue weighted by Crippen LogP contribution is -2.45. The molecular weight excluding hydrogens is 851 g/mol. The highest BCUT2D eigenvalue weighted by Crippen LogP contribution is 2.17. The van der Waals surface area contributed by atoms with Gasteiger partial charge in [0, 0.05) is 12.8 Å². The first-order valence-electron chi connectivity index (χ1n) is 31.1. The Labute approximate surface area is 431 Å². The molecule has 0 saturated carbocycles. The molecule has 0 saturated heterocycles. The molecule has 0 aromatic heterocycles. The molecule has 0 radical (unpaired) electrons. The molecule has 0 aliphatic carbocycles. The Hall–Kier alpha value is -1.66. The second kappa shape index (κ2) is 58.9. The van der Waals surface area contributed by atoms with E-state index in [1.165, 1.54) is 263 Å². The molecular formula is C63H121NO5. The van der Waals surface area contributed by atoms with Gasteiger partial charge in [-0.3, -0.25) is 9.59 Å². The highest BCUT2D eigenvalue weighted by molar-refractivity contribution is 5.76. The van der Waals surface area contributed by atoms with Gasteiger partial charge in [0.2, 0.25) is 5.91 Å². The van der Waals surface area contributed by atoms with Crippen LogP contribution in [0.2, 0.25) is 0 Å². The van der Waals surface area contributed by atoms with Gasteiger partial charge in [0.05, 0.1) is 25.4 Å². The van der Waals surface area contributed by atoms with Gasteiger partial charge >= 0.3 is 5.97 Å². The molecule has 69 heavy (non-hydrogen) atoms. The van der Waals surface area contributed by atoms with E-state index in [9.17, 15) is 19.8 Å². The first kappa shape index (κ1) is 67.3. The third-order valence-corrected chi connectivity index (χ3v) is 14.5. The number of allylic oxidation sites excluding steroid dienone is 4. The summed E-state index contributed by atoms with van der Waals surface area (Å²) in [5.74, 6) is -0.0231. The highest BCUT2D eigenvalue weighted by Gasteiger charge is 2.20. The third kappa shape index (κ3) is 55.5. The van der Waals surface area contributed by atoms with Crippen molar-refractivity contribution in [3.05, 3.63) is 24.3 Å². The lowest BCUT2D eigenvalue weighted by molar-refractivity contribution is -0.143. The number of aliphatic hydroxyl groups is 2. The lowest BCUT2D eigenvalue weighted by Gasteiger charge is -2.22. The van der Waals surface area contributed by atoms with Crippen molar-refractivity contribution in [1.29, 1.82) is 0 Å². The van der Waals surface area contributed by atoms with Gasteiger partial charge in [-0.2, -0.15) is 0 Å². The van der Waals surface area contributed by atoms with Crippen molar-refractivity contribution < 1.29 is 24.5 Å². The predicted molar refractivity (Wildman–Crippen MR) is 301 cm³/mol. The van der Waals surface area contributed by atoms with Crippen molar-refractivity contribution in [1.82, 2.24) is 5.32 Å². The number of aliphatic hydroxyl groups excluding tert-OH is 2. The van der Waals surface area contributed by atoms with Crippen molar-refractivity contribution in [2.75, 3.05) is 13.2 Å². The number of hydrogen-bond donors (Lipinski definition) is 3. The molecule has 0 aromatic rings. The van der Waals surface area contributed by atoms with Crippen LogP contribution >= 0.6 is 0 Å². The Morgan fingerprint density at radius 1 is 0.406 bits per heavy atom. The van der Waals surface area contributed by atoms with Crippen LogP contribution in [0.4, 0.5) is 0 Å². The minimum absolute atomic E-state index is 0.0128. The maximum Gasteiger partial charge on any atom is 0.305 e. The Morgan fingerprint density at radius 2 is 0.725 bits per heavy atom. The van der Waals surface area contributed by atoms with E-state index in [-0.39, 0.29) is 18.5 Å². The van der Waals surface area contributed by atoms with Crippen LogP contribution in [0.25, 0.3) is 0 Å². The number of ether oxygens (including phenoxy) is 1. The van der Waals surface area contributed by atoms with E-state index in [0.717, 1.165) is 44.9 Å². The van der Waals surface area contributed by atoms with Gasteiger partial charge in [-0.25, -0.2) is 0 Å². The van der Waals surface area contributed by atoms with E-state index >= 15 is 0 Å². The summed E-state index contributed by atoms with van der Waals surface area (Å²) in [7, 11) is 0. The summed E-state index contributed by atoms with van der Waals surface area (Å²) in [4.78, 5) is 24.5. The number of esters is 1. The summed E-state index contributed by atoms with van der Waals surface area (Å²) in [6.45, 7) is 4.95. The van der Waals surface area contributed by atoms with Crippen LogP contribution in [0.1, 0.15) is 341 Å². The molecule has 6 heteroatoms. The molecule has 0 aromatic carbocycles. The third-order valence-electron chi connectivity index (χ3n) is 14.5. The van der Waals surface area contributed by atoms with Gasteiger partial charge < -0.3 is 20.3 Å². The van der Waals surface area contributed by atoms with Crippen LogP contribution in [0.3, 0.4) is 0 Å². The molecule has 0 aliphatic rings. The second-order valence-corrected chi connectivity index (χ2v) is 21.4. The zero-order valence-electron chi connectivity index (χ0n) is 46.6. The van der Waals surface area contributed by atoms with Gasteiger partial charge in [0.15, 0.2) is 0 Å². The molecule has 2 unspecified atom stereocenters. The Kier molecular flexibility index (Phi) is 57.5. The average molecular weight is 973 g/mol. The Bertz CT molecular complexity index is 1080. The number of rotatable bonds is 58. The number of hydrogen-bond acceptors (Lipinski definition) is 5. The number of carbonyl (C=O) groups is 2.